The third kappa shape index (κ3) is 2.73. The van der Waals surface area contributed by atoms with Crippen molar-refractivity contribution in [3.05, 3.63) is 47.1 Å². The molecule has 3 nitrogen and oxygen atoms in total. The van der Waals surface area contributed by atoms with Crippen LogP contribution in [0.4, 0.5) is 0 Å². The number of carbonyl (C=O) groups excluding carboxylic acids is 1. The zero-order valence-corrected chi connectivity index (χ0v) is 12.4. The standard InChI is InChI=1S/C18H22N2O/c1-2-11-20-16-10-6-3-5-9-15(16)14-17(20)18(21)19-12-7-4-8-13-19/h2-3,6,9-10,14H,1,4-5,7-8,11-13H2. The van der Waals surface area contributed by atoms with Crippen LogP contribution < -0.4 is 10.6 Å². The van der Waals surface area contributed by atoms with E-state index in [-0.39, 0.29) is 5.91 Å². The highest BCUT2D eigenvalue weighted by molar-refractivity contribution is 5.93. The van der Waals surface area contributed by atoms with Crippen LogP contribution in [0.15, 0.2) is 30.9 Å². The zero-order valence-electron chi connectivity index (χ0n) is 12.4. The average Bonchev–Trinajstić information content (AvgIpc) is 2.71. The summed E-state index contributed by atoms with van der Waals surface area (Å²) in [5.74, 6) is 0.162. The van der Waals surface area contributed by atoms with Crippen molar-refractivity contribution in [2.24, 2.45) is 0 Å². The van der Waals surface area contributed by atoms with E-state index in [1.165, 1.54) is 6.42 Å². The molecule has 0 spiro atoms. The lowest BCUT2D eigenvalue weighted by atomic mass is 10.1. The minimum absolute atomic E-state index is 0.162. The lowest BCUT2D eigenvalue weighted by Crippen LogP contribution is -2.37. The van der Waals surface area contributed by atoms with Crippen LogP contribution in [-0.2, 0) is 6.54 Å². The predicted octanol–water partition coefficient (Wildman–Crippen LogP) is 1.82. The second kappa shape index (κ2) is 6.17. The third-order valence-corrected chi connectivity index (χ3v) is 4.21. The molecule has 0 unspecified atom stereocenters. The number of carbonyl (C=O) groups is 1. The SMILES string of the molecule is C=CCn1c(C(=O)N2CCCCC2)cc2c1=CC=CCC=2. The molecule has 1 aliphatic carbocycles. The van der Waals surface area contributed by atoms with Gasteiger partial charge in [0, 0.05) is 25.0 Å². The largest absolute Gasteiger partial charge is 0.337 e. The van der Waals surface area contributed by atoms with E-state index in [2.05, 4.69) is 35.5 Å². The number of piperidine rings is 1. The first-order chi connectivity index (χ1) is 10.3. The predicted molar refractivity (Wildman–Crippen MR) is 86.3 cm³/mol. The first-order valence-corrected chi connectivity index (χ1v) is 7.78. The first kappa shape index (κ1) is 13.9. The molecule has 0 atom stereocenters. The minimum Gasteiger partial charge on any atom is -0.337 e. The summed E-state index contributed by atoms with van der Waals surface area (Å²) in [5, 5.41) is 2.27. The highest BCUT2D eigenvalue weighted by Crippen LogP contribution is 2.12. The van der Waals surface area contributed by atoms with Crippen LogP contribution in [0, 0.1) is 0 Å². The van der Waals surface area contributed by atoms with Crippen molar-refractivity contribution in [2.45, 2.75) is 32.2 Å². The molecule has 110 valence electrons. The Hall–Kier alpha value is -2.03. The van der Waals surface area contributed by atoms with E-state index < -0.39 is 0 Å². The van der Waals surface area contributed by atoms with Crippen LogP contribution in [-0.4, -0.2) is 28.5 Å². The van der Waals surface area contributed by atoms with E-state index >= 15 is 0 Å². The Morgan fingerprint density at radius 3 is 2.86 bits per heavy atom. The van der Waals surface area contributed by atoms with Crippen LogP contribution >= 0.6 is 0 Å². The Morgan fingerprint density at radius 2 is 2.10 bits per heavy atom. The van der Waals surface area contributed by atoms with Gasteiger partial charge in [-0.3, -0.25) is 4.79 Å². The number of hydrogen-bond donors (Lipinski definition) is 0. The Morgan fingerprint density at radius 1 is 1.29 bits per heavy atom. The average molecular weight is 282 g/mol. The van der Waals surface area contributed by atoms with E-state index in [0.29, 0.717) is 6.54 Å². The summed E-state index contributed by atoms with van der Waals surface area (Å²) in [4.78, 5) is 14.8. The Bertz CT molecular complexity index is 688. The molecule has 0 aromatic carbocycles. The zero-order chi connectivity index (χ0) is 14.7. The van der Waals surface area contributed by atoms with Crippen molar-refractivity contribution in [1.29, 1.82) is 0 Å². The van der Waals surface area contributed by atoms with Gasteiger partial charge in [-0.1, -0.05) is 24.3 Å². The normalized spacial score (nSPS) is 17.4. The topological polar surface area (TPSA) is 25.2 Å². The van der Waals surface area contributed by atoms with Gasteiger partial charge < -0.3 is 9.47 Å². The molecule has 1 aromatic heterocycles. The van der Waals surface area contributed by atoms with Crippen molar-refractivity contribution in [3.63, 3.8) is 0 Å². The number of fused-ring (bicyclic) bond motifs is 1. The minimum atomic E-state index is 0.162. The molecule has 21 heavy (non-hydrogen) atoms. The van der Waals surface area contributed by atoms with E-state index in [1.54, 1.807) is 0 Å². The fourth-order valence-electron chi connectivity index (χ4n) is 3.13. The van der Waals surface area contributed by atoms with Crippen molar-refractivity contribution in [3.8, 4) is 0 Å². The van der Waals surface area contributed by atoms with Gasteiger partial charge >= 0.3 is 0 Å². The number of likely N-dealkylation sites (tertiary alicyclic amines) is 1. The summed E-state index contributed by atoms with van der Waals surface area (Å²) in [5.41, 5.74) is 0.796. The molecule has 1 aromatic rings. The van der Waals surface area contributed by atoms with Gasteiger partial charge in [0.25, 0.3) is 5.91 Å². The van der Waals surface area contributed by atoms with Crippen LogP contribution in [0.5, 0.6) is 0 Å². The van der Waals surface area contributed by atoms with Crippen molar-refractivity contribution >= 4 is 18.1 Å². The molecule has 1 saturated heterocycles. The maximum atomic E-state index is 12.8. The molecule has 0 N–H and O–H groups in total. The molecule has 0 radical (unpaired) electrons. The maximum Gasteiger partial charge on any atom is 0.270 e. The highest BCUT2D eigenvalue weighted by atomic mass is 16.2. The van der Waals surface area contributed by atoms with Gasteiger partial charge in [-0.25, -0.2) is 0 Å². The number of hydrogen-bond acceptors (Lipinski definition) is 1. The Kier molecular flexibility index (Phi) is 4.09. The highest BCUT2D eigenvalue weighted by Gasteiger charge is 2.21. The second-order valence-electron chi connectivity index (χ2n) is 5.66. The van der Waals surface area contributed by atoms with Gasteiger partial charge in [-0.15, -0.1) is 6.58 Å². The van der Waals surface area contributed by atoms with E-state index in [4.69, 9.17) is 0 Å². The number of nitrogens with zero attached hydrogens (tertiary/aromatic N) is 2. The van der Waals surface area contributed by atoms with Gasteiger partial charge in [0.15, 0.2) is 0 Å². The van der Waals surface area contributed by atoms with Gasteiger partial charge in [0.05, 0.1) is 0 Å². The molecule has 0 saturated carbocycles. The fourth-order valence-corrected chi connectivity index (χ4v) is 3.13. The van der Waals surface area contributed by atoms with Gasteiger partial charge in [0.2, 0.25) is 0 Å². The molecule has 0 bridgehead atoms. The first-order valence-electron chi connectivity index (χ1n) is 7.78. The van der Waals surface area contributed by atoms with Gasteiger partial charge in [0.1, 0.15) is 5.69 Å². The van der Waals surface area contributed by atoms with Crippen LogP contribution in [0.3, 0.4) is 0 Å². The quantitative estimate of drug-likeness (QED) is 0.776. The number of aromatic nitrogens is 1. The Labute approximate surface area is 125 Å². The lowest BCUT2D eigenvalue weighted by molar-refractivity contribution is 0.0713. The number of allylic oxidation sites excluding steroid dienone is 3. The van der Waals surface area contributed by atoms with E-state index in [1.807, 2.05) is 17.0 Å². The molecule has 1 fully saturated rings. The molecule has 1 aliphatic heterocycles. The summed E-state index contributed by atoms with van der Waals surface area (Å²) in [7, 11) is 0. The second-order valence-corrected chi connectivity index (χ2v) is 5.66. The molecule has 3 rings (SSSR count). The number of amides is 1. The molecule has 2 aliphatic rings. The van der Waals surface area contributed by atoms with Crippen LogP contribution in [0.1, 0.15) is 36.2 Å². The van der Waals surface area contributed by atoms with Crippen molar-refractivity contribution in [1.82, 2.24) is 9.47 Å². The maximum absolute atomic E-state index is 12.8. The summed E-state index contributed by atoms with van der Waals surface area (Å²) < 4.78 is 2.09. The van der Waals surface area contributed by atoms with E-state index in [9.17, 15) is 4.79 Å². The summed E-state index contributed by atoms with van der Waals surface area (Å²) in [6.45, 7) is 6.27. The van der Waals surface area contributed by atoms with Gasteiger partial charge in [-0.05, 0) is 43.0 Å². The number of rotatable bonds is 3. The lowest BCUT2D eigenvalue weighted by Gasteiger charge is -2.27. The summed E-state index contributed by atoms with van der Waals surface area (Å²) in [6.07, 6.45) is 14.7. The molecular formula is C18H22N2O. The van der Waals surface area contributed by atoms with Gasteiger partial charge in [-0.2, -0.15) is 0 Å². The summed E-state index contributed by atoms with van der Waals surface area (Å²) in [6, 6.07) is 2.04. The molecular weight excluding hydrogens is 260 g/mol. The molecule has 1 amide bonds. The van der Waals surface area contributed by atoms with E-state index in [0.717, 1.165) is 48.6 Å². The summed E-state index contributed by atoms with van der Waals surface area (Å²) >= 11 is 0. The monoisotopic (exact) mass is 282 g/mol. The molecule has 2 heterocycles. The van der Waals surface area contributed by atoms with Crippen LogP contribution in [0.2, 0.25) is 0 Å². The van der Waals surface area contributed by atoms with Crippen LogP contribution in [0.25, 0.3) is 12.2 Å². The third-order valence-electron chi connectivity index (χ3n) is 4.21. The Balaban J connectivity index is 2.06. The van der Waals surface area contributed by atoms with Crippen molar-refractivity contribution < 1.29 is 4.79 Å². The fraction of sp³-hybridized carbons (Fsp3) is 0.389. The molecule has 3 heteroatoms. The van der Waals surface area contributed by atoms with Crippen molar-refractivity contribution in [2.75, 3.05) is 13.1 Å². The smallest absolute Gasteiger partial charge is 0.270 e.